The van der Waals surface area contributed by atoms with Gasteiger partial charge in [0.25, 0.3) is 0 Å². The minimum atomic E-state index is -1.17. The number of nitrogens with zero attached hydrogens (tertiary/aromatic N) is 18. The number of nitrogens with one attached hydrogen (secondary N) is 6. The van der Waals surface area contributed by atoms with E-state index >= 15 is 0 Å². The molecule has 0 aromatic carbocycles. The molecule has 0 aromatic heterocycles. The van der Waals surface area contributed by atoms with Crippen LogP contribution in [-0.2, 0) is 0 Å². The average Bonchev–Trinajstić information content (AvgIpc) is 4.20. The normalized spacial score (nSPS) is 39.1. The molecule has 24 amide bonds. The first kappa shape index (κ1) is 37.3. The van der Waals surface area contributed by atoms with Crippen LogP contribution in [0.1, 0.15) is 0 Å². The molecule has 16 fully saturated rings. The van der Waals surface area contributed by atoms with Gasteiger partial charge in [0.1, 0.15) is 84.7 Å². The highest BCUT2D eigenvalue weighted by atomic mass is 16.2. The van der Waals surface area contributed by atoms with Crippen LogP contribution in [0.15, 0.2) is 0 Å². The standard InChI is InChI=1S/C33H36N24O12/c58-22-34-10-14-42(22)2-50-18-20-54(30(50)66)6-46-16-12(38-26(46)62)40(28(64)48(16)8-56(20)32(68)52(18)4-44(14)24(60)36-10)1-41-13-17-47(27(63)39-13)7-55-21-19-51(31(55)67)3-43-15-11(35-23(43)59)37-25(61)45(15)5-53(19)33(69)57(21)9-49(17)29(41)65/h10-21H,1-9H2,(H,34,58)(H,35,59)(H,36,60)(H,37,61)(H,38,62)(H,39,63)/t10-,11+,12+,13-,14+,15-,16-,17+,18-,19+,20+,21-. The third-order valence-electron chi connectivity index (χ3n) is 16.4. The molecule has 0 saturated carbocycles. The smallest absolute Gasteiger partial charge is 0.314 e. The van der Waals surface area contributed by atoms with E-state index in [2.05, 4.69) is 31.9 Å². The molecular formula is C33H36N24O12. The lowest BCUT2D eigenvalue weighted by molar-refractivity contribution is -0.0114. The molecule has 6 N–H and O–H groups in total. The van der Waals surface area contributed by atoms with Gasteiger partial charge in [0, 0.05) is 0 Å². The van der Waals surface area contributed by atoms with Gasteiger partial charge in [-0.05, 0) is 0 Å². The van der Waals surface area contributed by atoms with Crippen molar-refractivity contribution in [2.45, 2.75) is 74.0 Å². The molecule has 0 unspecified atom stereocenters. The fourth-order valence-corrected chi connectivity index (χ4v) is 13.5. The summed E-state index contributed by atoms with van der Waals surface area (Å²) in [6, 6.07) is -7.44. The number of amides is 24. The molecule has 0 radical (unpaired) electrons. The van der Waals surface area contributed by atoms with Gasteiger partial charge in [-0.2, -0.15) is 0 Å². The van der Waals surface area contributed by atoms with Crippen LogP contribution in [-0.4, -0.2) is 295 Å². The lowest BCUT2D eigenvalue weighted by atomic mass is 10.3. The molecule has 36 heteroatoms. The first-order valence-electron chi connectivity index (χ1n) is 22.0. The minimum Gasteiger partial charge on any atom is -0.314 e. The topological polar surface area (TPSA) is 335 Å². The van der Waals surface area contributed by atoms with Gasteiger partial charge in [0.15, 0.2) is 49.3 Å². The summed E-state index contributed by atoms with van der Waals surface area (Å²) < 4.78 is 0. The first-order valence-corrected chi connectivity index (χ1v) is 22.0. The van der Waals surface area contributed by atoms with Gasteiger partial charge < -0.3 is 31.9 Å². The van der Waals surface area contributed by atoms with Gasteiger partial charge in [-0.15, -0.1) is 0 Å². The number of carbonyl (C=O) groups excluding carboxylic acids is 12. The predicted molar refractivity (Wildman–Crippen MR) is 206 cm³/mol. The number of urea groups is 12. The number of rotatable bonds is 2. The molecule has 36 nitrogen and oxygen atoms in total. The molecule has 360 valence electrons. The third-order valence-corrected chi connectivity index (χ3v) is 16.4. The predicted octanol–water partition coefficient (Wildman–Crippen LogP) is -6.85. The lowest BCUT2D eigenvalue weighted by Gasteiger charge is -2.41. The average molecular weight is 961 g/mol. The van der Waals surface area contributed by atoms with Crippen molar-refractivity contribution in [3.63, 3.8) is 0 Å². The van der Waals surface area contributed by atoms with Crippen LogP contribution in [0, 0.1) is 0 Å². The van der Waals surface area contributed by atoms with Gasteiger partial charge in [-0.1, -0.05) is 0 Å². The van der Waals surface area contributed by atoms with Crippen LogP contribution in [0.4, 0.5) is 57.5 Å². The second kappa shape index (κ2) is 11.5. The summed E-state index contributed by atoms with van der Waals surface area (Å²) in [4.78, 5) is 191. The highest BCUT2D eigenvalue weighted by Gasteiger charge is 2.71. The molecule has 16 rings (SSSR count). The second-order valence-corrected chi connectivity index (χ2v) is 19.3. The zero-order valence-corrected chi connectivity index (χ0v) is 35.2. The highest BCUT2D eigenvalue weighted by Crippen LogP contribution is 2.45. The Balaban J connectivity index is 0.705. The van der Waals surface area contributed by atoms with E-state index in [0.29, 0.717) is 0 Å². The molecule has 0 aliphatic carbocycles. The number of hydrogen-bond acceptors (Lipinski definition) is 12. The van der Waals surface area contributed by atoms with E-state index in [-0.39, 0.29) is 26.7 Å². The highest BCUT2D eigenvalue weighted by molar-refractivity contribution is 5.93. The van der Waals surface area contributed by atoms with Crippen molar-refractivity contribution in [3.8, 4) is 0 Å². The fourth-order valence-electron chi connectivity index (χ4n) is 13.5. The van der Waals surface area contributed by atoms with E-state index in [1.165, 1.54) is 88.2 Å². The first-order chi connectivity index (χ1) is 33.2. The maximum Gasteiger partial charge on any atom is 0.326 e. The van der Waals surface area contributed by atoms with Crippen molar-refractivity contribution >= 4 is 72.4 Å². The van der Waals surface area contributed by atoms with Crippen molar-refractivity contribution in [1.29, 1.82) is 0 Å². The zero-order valence-electron chi connectivity index (χ0n) is 35.2. The molecule has 16 aliphatic rings. The van der Waals surface area contributed by atoms with Crippen LogP contribution in [0.2, 0.25) is 0 Å². The van der Waals surface area contributed by atoms with Crippen molar-refractivity contribution in [2.75, 3.05) is 60.0 Å². The summed E-state index contributed by atoms with van der Waals surface area (Å²) in [5.41, 5.74) is 0. The molecule has 16 heterocycles. The Morgan fingerprint density at radius 3 is 0.754 bits per heavy atom. The van der Waals surface area contributed by atoms with Crippen LogP contribution in [0.5, 0.6) is 0 Å². The monoisotopic (exact) mass is 960 g/mol. The van der Waals surface area contributed by atoms with Crippen LogP contribution in [0.3, 0.4) is 0 Å². The summed E-state index contributed by atoms with van der Waals surface area (Å²) in [6.07, 6.45) is -12.2. The second-order valence-electron chi connectivity index (χ2n) is 19.3. The van der Waals surface area contributed by atoms with Gasteiger partial charge in [0.2, 0.25) is 0 Å². The maximum atomic E-state index is 14.8. The fraction of sp³-hybridized carbons (Fsp3) is 0.636. The molecule has 0 bridgehead atoms. The summed E-state index contributed by atoms with van der Waals surface area (Å²) in [5.74, 6) is 0. The van der Waals surface area contributed by atoms with Gasteiger partial charge in [0.05, 0.1) is 0 Å². The lowest BCUT2D eigenvalue weighted by Crippen LogP contribution is -2.62. The molecule has 12 atom stereocenters. The summed E-state index contributed by atoms with van der Waals surface area (Å²) in [7, 11) is 0. The Bertz CT molecular complexity index is 2520. The van der Waals surface area contributed by atoms with Crippen molar-refractivity contribution in [2.24, 2.45) is 0 Å². The van der Waals surface area contributed by atoms with Crippen LogP contribution < -0.4 is 31.9 Å². The molecule has 69 heavy (non-hydrogen) atoms. The van der Waals surface area contributed by atoms with Gasteiger partial charge in [-0.25, -0.2) is 57.5 Å². The summed E-state index contributed by atoms with van der Waals surface area (Å²) in [5, 5.41) is 16.3. The summed E-state index contributed by atoms with van der Waals surface area (Å²) in [6.45, 7) is -3.47. The third kappa shape index (κ3) is 4.04. The molecule has 16 saturated heterocycles. The van der Waals surface area contributed by atoms with E-state index in [1.54, 1.807) is 0 Å². The Morgan fingerprint density at radius 2 is 0.478 bits per heavy atom. The van der Waals surface area contributed by atoms with E-state index in [0.717, 1.165) is 0 Å². The quantitative estimate of drug-likeness (QED) is 0.151. The zero-order chi connectivity index (χ0) is 46.9. The van der Waals surface area contributed by atoms with Crippen molar-refractivity contribution in [3.05, 3.63) is 0 Å². The SMILES string of the molecule is O=C1N[C@H]2NC(=O)N3CN4C(=O)N5CN6C(=O)N(CN7C(=O)N8CN9C(=O)N%10CN%11C(=O)N[C@H]%12NC(=O)N(CN%13C(=O)N(CN%14C(=O)N[C@@H]7[C@H]%148)[C@@H]9[C@H]%13%10)[C@H]%12%11)[C@H]7NC(=O)N(CN8C(=O)N(CN1[C@@H]23)[C@@H]4[C@H]85)[C@H]76. The molecule has 16 aliphatic heterocycles. The van der Waals surface area contributed by atoms with Gasteiger partial charge in [-0.3, -0.25) is 88.2 Å². The Morgan fingerprint density at radius 1 is 0.261 bits per heavy atom. The molecule has 0 spiro atoms. The summed E-state index contributed by atoms with van der Waals surface area (Å²) >= 11 is 0. The largest absolute Gasteiger partial charge is 0.326 e. The van der Waals surface area contributed by atoms with E-state index < -0.39 is 180 Å². The van der Waals surface area contributed by atoms with Crippen molar-refractivity contribution < 1.29 is 57.5 Å². The number of hydrogen-bond donors (Lipinski definition) is 6. The molecular weight excluding hydrogens is 925 g/mol. The van der Waals surface area contributed by atoms with Crippen LogP contribution >= 0.6 is 0 Å². The Kier molecular flexibility index (Phi) is 6.22. The maximum absolute atomic E-state index is 14.8. The van der Waals surface area contributed by atoms with E-state index in [4.69, 9.17) is 0 Å². The van der Waals surface area contributed by atoms with E-state index in [9.17, 15) is 57.5 Å². The van der Waals surface area contributed by atoms with Crippen LogP contribution in [0.25, 0.3) is 0 Å². The minimum absolute atomic E-state index is 0.298. The Hall–Kier alpha value is -8.76. The Labute approximate surface area is 383 Å². The van der Waals surface area contributed by atoms with Gasteiger partial charge >= 0.3 is 72.4 Å². The van der Waals surface area contributed by atoms with Crippen molar-refractivity contribution in [1.82, 2.24) is 120 Å². The number of carbonyl (C=O) groups is 12. The van der Waals surface area contributed by atoms with E-state index in [1.807, 2.05) is 0 Å². The molecule has 0 aromatic rings.